The Morgan fingerprint density at radius 3 is 2.70 bits per heavy atom. The second-order valence-electron chi connectivity index (χ2n) is 6.00. The molecule has 1 saturated heterocycles. The van der Waals surface area contributed by atoms with E-state index in [-0.39, 0.29) is 5.15 Å². The van der Waals surface area contributed by atoms with E-state index in [1.165, 1.54) is 11.6 Å². The topological polar surface area (TPSA) is 72.1 Å². The molecule has 2 heterocycles. The molecule has 1 aliphatic rings. The van der Waals surface area contributed by atoms with Crippen molar-refractivity contribution in [3.63, 3.8) is 0 Å². The van der Waals surface area contributed by atoms with E-state index in [1.54, 1.807) is 0 Å². The van der Waals surface area contributed by atoms with Crippen molar-refractivity contribution in [1.29, 1.82) is 0 Å². The molecule has 1 aromatic carbocycles. The molecule has 0 aliphatic carbocycles. The first-order valence-electron chi connectivity index (χ1n) is 7.69. The third-order valence-corrected chi connectivity index (χ3v) is 4.63. The minimum absolute atomic E-state index is 0.176. The summed E-state index contributed by atoms with van der Waals surface area (Å²) in [6.07, 6.45) is 0.994. The van der Waals surface area contributed by atoms with Crippen LogP contribution in [0.5, 0.6) is 0 Å². The third-order valence-electron chi connectivity index (χ3n) is 4.44. The third kappa shape index (κ3) is 3.29. The molecule has 1 amide bonds. The molecule has 0 radical (unpaired) electrons. The predicted octanol–water partition coefficient (Wildman–Crippen LogP) is 2.86. The highest BCUT2D eigenvalue weighted by molar-refractivity contribution is 6.29. The molecule has 2 N–H and O–H groups in total. The molecule has 0 spiro atoms. The second-order valence-corrected chi connectivity index (χ2v) is 6.38. The number of nitrogens with zero attached hydrogens (tertiary/aromatic N) is 3. The number of benzene rings is 1. The number of carbonyl (C=O) groups is 1. The van der Waals surface area contributed by atoms with Crippen LogP contribution in [-0.2, 0) is 0 Å². The van der Waals surface area contributed by atoms with Gasteiger partial charge in [-0.2, -0.15) is 0 Å². The smallest absolute Gasteiger partial charge is 0.252 e. The molecule has 23 heavy (non-hydrogen) atoms. The lowest BCUT2D eigenvalue weighted by atomic mass is 9.81. The molecule has 5 nitrogen and oxygen atoms in total. The Labute approximate surface area is 140 Å². The van der Waals surface area contributed by atoms with E-state index in [0.717, 1.165) is 19.5 Å². The maximum Gasteiger partial charge on any atom is 0.252 e. The Morgan fingerprint density at radius 2 is 2.04 bits per heavy atom. The van der Waals surface area contributed by atoms with Crippen LogP contribution in [0.4, 0.5) is 5.82 Å². The number of carbonyl (C=O) groups excluding carboxylic acids is 1. The quantitative estimate of drug-likeness (QED) is 0.939. The SMILES string of the molecule is CC1CN(c2nnc(Cl)cc2C(N)=O)CCC1c1ccccc1. The van der Waals surface area contributed by atoms with E-state index in [0.29, 0.717) is 23.2 Å². The fourth-order valence-corrected chi connectivity index (χ4v) is 3.46. The fourth-order valence-electron chi connectivity index (χ4n) is 3.31. The van der Waals surface area contributed by atoms with Gasteiger partial charge < -0.3 is 10.6 Å². The van der Waals surface area contributed by atoms with Crippen LogP contribution in [0.25, 0.3) is 0 Å². The Bertz CT molecular complexity index is 707. The zero-order valence-corrected chi connectivity index (χ0v) is 13.7. The summed E-state index contributed by atoms with van der Waals surface area (Å²) in [5.41, 5.74) is 7.14. The van der Waals surface area contributed by atoms with E-state index in [1.807, 2.05) is 6.07 Å². The maximum absolute atomic E-state index is 11.7. The van der Waals surface area contributed by atoms with Gasteiger partial charge in [0.15, 0.2) is 11.0 Å². The van der Waals surface area contributed by atoms with Crippen LogP contribution in [0.3, 0.4) is 0 Å². The average Bonchev–Trinajstić information content (AvgIpc) is 2.55. The number of rotatable bonds is 3. The molecule has 1 fully saturated rings. The number of aromatic nitrogens is 2. The highest BCUT2D eigenvalue weighted by Gasteiger charge is 2.29. The number of hydrogen-bond donors (Lipinski definition) is 1. The first-order chi connectivity index (χ1) is 11.1. The van der Waals surface area contributed by atoms with Gasteiger partial charge in [0.1, 0.15) is 0 Å². The Kier molecular flexibility index (Phi) is 4.48. The monoisotopic (exact) mass is 330 g/mol. The van der Waals surface area contributed by atoms with Gasteiger partial charge in [-0.1, -0.05) is 48.9 Å². The summed E-state index contributed by atoms with van der Waals surface area (Å²) in [7, 11) is 0. The molecule has 120 valence electrons. The van der Waals surface area contributed by atoms with Crippen molar-refractivity contribution < 1.29 is 4.79 Å². The standard InChI is InChI=1S/C17H19ClN4O/c1-11-10-22(8-7-13(11)12-5-3-2-4-6-12)17-14(16(19)23)9-15(18)20-21-17/h2-6,9,11,13H,7-8,10H2,1H3,(H2,19,23). The maximum atomic E-state index is 11.7. The normalized spacial score (nSPS) is 21.2. The van der Waals surface area contributed by atoms with Crippen LogP contribution in [0, 0.1) is 5.92 Å². The van der Waals surface area contributed by atoms with Gasteiger partial charge in [-0.3, -0.25) is 4.79 Å². The Morgan fingerprint density at radius 1 is 1.30 bits per heavy atom. The lowest BCUT2D eigenvalue weighted by Crippen LogP contribution is -2.40. The summed E-state index contributed by atoms with van der Waals surface area (Å²) in [4.78, 5) is 13.7. The van der Waals surface area contributed by atoms with Crippen molar-refractivity contribution in [2.24, 2.45) is 11.7 Å². The van der Waals surface area contributed by atoms with Crippen LogP contribution in [-0.4, -0.2) is 29.2 Å². The van der Waals surface area contributed by atoms with Gasteiger partial charge in [-0.15, -0.1) is 10.2 Å². The molecule has 1 aromatic heterocycles. The molecule has 2 unspecified atom stereocenters. The van der Waals surface area contributed by atoms with Crippen molar-refractivity contribution in [3.05, 3.63) is 52.7 Å². The van der Waals surface area contributed by atoms with Gasteiger partial charge in [-0.05, 0) is 29.9 Å². The zero-order chi connectivity index (χ0) is 16.4. The van der Waals surface area contributed by atoms with Gasteiger partial charge in [-0.25, -0.2) is 0 Å². The number of hydrogen-bond acceptors (Lipinski definition) is 4. The number of halogens is 1. The van der Waals surface area contributed by atoms with E-state index in [9.17, 15) is 4.79 Å². The number of primary amides is 1. The van der Waals surface area contributed by atoms with Gasteiger partial charge >= 0.3 is 0 Å². The molecule has 2 atom stereocenters. The Balaban J connectivity index is 1.82. The molecular formula is C17H19ClN4O. The minimum Gasteiger partial charge on any atom is -0.365 e. The molecular weight excluding hydrogens is 312 g/mol. The molecule has 6 heteroatoms. The molecule has 3 rings (SSSR count). The molecule has 2 aromatic rings. The summed E-state index contributed by atoms with van der Waals surface area (Å²) in [5, 5.41) is 8.14. The van der Waals surface area contributed by atoms with Gasteiger partial charge in [0, 0.05) is 13.1 Å². The summed E-state index contributed by atoms with van der Waals surface area (Å²) in [5.74, 6) is 0.934. The van der Waals surface area contributed by atoms with Gasteiger partial charge in [0.05, 0.1) is 5.56 Å². The Hall–Kier alpha value is -2.14. The highest BCUT2D eigenvalue weighted by Crippen LogP contribution is 2.34. The van der Waals surface area contributed by atoms with E-state index < -0.39 is 5.91 Å². The van der Waals surface area contributed by atoms with Crippen LogP contribution in [0.1, 0.15) is 35.2 Å². The van der Waals surface area contributed by atoms with Crippen molar-refractivity contribution in [1.82, 2.24) is 10.2 Å². The minimum atomic E-state index is -0.533. The van der Waals surface area contributed by atoms with Crippen molar-refractivity contribution in [2.75, 3.05) is 18.0 Å². The summed E-state index contributed by atoms with van der Waals surface area (Å²) >= 11 is 5.83. The van der Waals surface area contributed by atoms with Crippen molar-refractivity contribution >= 4 is 23.3 Å². The largest absolute Gasteiger partial charge is 0.365 e. The summed E-state index contributed by atoms with van der Waals surface area (Å²) in [6, 6.07) is 12.0. The lowest BCUT2D eigenvalue weighted by Gasteiger charge is -2.38. The number of anilines is 1. The highest BCUT2D eigenvalue weighted by atomic mass is 35.5. The van der Waals surface area contributed by atoms with Crippen LogP contribution >= 0.6 is 11.6 Å². The molecule has 0 bridgehead atoms. The molecule has 0 saturated carbocycles. The average molecular weight is 331 g/mol. The fraction of sp³-hybridized carbons (Fsp3) is 0.353. The van der Waals surface area contributed by atoms with Crippen LogP contribution in [0.15, 0.2) is 36.4 Å². The first-order valence-corrected chi connectivity index (χ1v) is 8.07. The van der Waals surface area contributed by atoms with Crippen LogP contribution in [0.2, 0.25) is 5.15 Å². The van der Waals surface area contributed by atoms with Crippen molar-refractivity contribution in [3.8, 4) is 0 Å². The number of nitrogens with two attached hydrogens (primary N) is 1. The second kappa shape index (κ2) is 6.54. The zero-order valence-electron chi connectivity index (χ0n) is 12.9. The van der Waals surface area contributed by atoms with E-state index in [4.69, 9.17) is 17.3 Å². The lowest BCUT2D eigenvalue weighted by molar-refractivity contribution is 0.1000. The summed E-state index contributed by atoms with van der Waals surface area (Å²) < 4.78 is 0. The number of piperidine rings is 1. The van der Waals surface area contributed by atoms with E-state index in [2.05, 4.69) is 46.3 Å². The predicted molar refractivity (Wildman–Crippen MR) is 90.7 cm³/mol. The molecule has 1 aliphatic heterocycles. The van der Waals surface area contributed by atoms with E-state index >= 15 is 0 Å². The van der Waals surface area contributed by atoms with Gasteiger partial charge in [0.2, 0.25) is 0 Å². The van der Waals surface area contributed by atoms with Gasteiger partial charge in [0.25, 0.3) is 5.91 Å². The summed E-state index contributed by atoms with van der Waals surface area (Å²) in [6.45, 7) is 3.83. The first kappa shape index (κ1) is 15.7. The number of amides is 1. The van der Waals surface area contributed by atoms with Crippen molar-refractivity contribution in [2.45, 2.75) is 19.3 Å². The van der Waals surface area contributed by atoms with Crippen LogP contribution < -0.4 is 10.6 Å².